The fourth-order valence-electron chi connectivity index (χ4n) is 3.39. The Kier molecular flexibility index (Phi) is 12.3. The Balaban J connectivity index is 0.00000341. The van der Waals surface area contributed by atoms with Gasteiger partial charge in [-0.15, -0.1) is 24.0 Å². The predicted octanol–water partition coefficient (Wildman–Crippen LogP) is 3.55. The normalized spacial score (nSPS) is 15.9. The molecule has 1 aliphatic rings. The van der Waals surface area contributed by atoms with Gasteiger partial charge in [-0.25, -0.2) is 4.39 Å². The summed E-state index contributed by atoms with van der Waals surface area (Å²) in [7, 11) is 0. The zero-order valence-corrected chi connectivity index (χ0v) is 21.0. The zero-order valence-electron chi connectivity index (χ0n) is 17.9. The van der Waals surface area contributed by atoms with Gasteiger partial charge in [0.05, 0.1) is 32.1 Å². The highest BCUT2D eigenvalue weighted by molar-refractivity contribution is 14.0. The third kappa shape index (κ3) is 8.99. The maximum atomic E-state index is 13.4. The minimum absolute atomic E-state index is 0. The van der Waals surface area contributed by atoms with E-state index in [9.17, 15) is 4.39 Å². The van der Waals surface area contributed by atoms with Crippen molar-refractivity contribution in [1.29, 1.82) is 0 Å². The van der Waals surface area contributed by atoms with Crippen molar-refractivity contribution in [3.05, 3.63) is 59.8 Å². The third-order valence-electron chi connectivity index (χ3n) is 5.01. The molecule has 2 aromatic rings. The van der Waals surface area contributed by atoms with E-state index in [0.717, 1.165) is 55.6 Å². The molecule has 1 saturated heterocycles. The number of halogens is 2. The van der Waals surface area contributed by atoms with E-state index in [1.54, 1.807) is 18.0 Å². The summed E-state index contributed by atoms with van der Waals surface area (Å²) >= 11 is 1.79. The number of hydrogen-bond acceptors (Lipinski definition) is 5. The van der Waals surface area contributed by atoms with E-state index in [2.05, 4.69) is 21.8 Å². The molecule has 1 fully saturated rings. The average Bonchev–Trinajstić information content (AvgIpc) is 3.29. The van der Waals surface area contributed by atoms with Crippen LogP contribution >= 0.6 is 35.7 Å². The topological polar surface area (TPSA) is 62.0 Å². The molecule has 6 nitrogen and oxygen atoms in total. The lowest BCUT2D eigenvalue weighted by Crippen LogP contribution is -2.42. The second-order valence-electron chi connectivity index (χ2n) is 7.08. The van der Waals surface area contributed by atoms with Gasteiger partial charge in [-0.05, 0) is 36.1 Å². The summed E-state index contributed by atoms with van der Waals surface area (Å²) in [5.41, 5.74) is 1.07. The minimum Gasteiger partial charge on any atom is -0.469 e. The van der Waals surface area contributed by atoms with Gasteiger partial charge in [0.25, 0.3) is 0 Å². The Bertz CT molecular complexity index is 755. The average molecular weight is 562 g/mol. The number of benzene rings is 1. The molecule has 9 heteroatoms. The van der Waals surface area contributed by atoms with E-state index >= 15 is 0 Å². The number of furan rings is 1. The molecule has 2 heterocycles. The molecule has 172 valence electrons. The van der Waals surface area contributed by atoms with Crippen molar-refractivity contribution in [3.63, 3.8) is 0 Å². The van der Waals surface area contributed by atoms with Gasteiger partial charge in [0.2, 0.25) is 0 Å². The fraction of sp³-hybridized carbons (Fsp3) is 0.500. The molecule has 0 spiro atoms. The lowest BCUT2D eigenvalue weighted by atomic mass is 10.0. The monoisotopic (exact) mass is 562 g/mol. The number of ether oxygens (including phenoxy) is 1. The van der Waals surface area contributed by atoms with Crippen LogP contribution in [0.15, 0.2) is 52.1 Å². The van der Waals surface area contributed by atoms with Crippen molar-refractivity contribution in [1.82, 2.24) is 15.5 Å². The predicted molar refractivity (Wildman–Crippen MR) is 136 cm³/mol. The van der Waals surface area contributed by atoms with Crippen LogP contribution in [0.5, 0.6) is 0 Å². The summed E-state index contributed by atoms with van der Waals surface area (Å²) in [5, 5.41) is 6.81. The first-order valence-corrected chi connectivity index (χ1v) is 11.8. The van der Waals surface area contributed by atoms with Crippen molar-refractivity contribution < 1.29 is 13.5 Å². The molecule has 1 atom stereocenters. The first-order chi connectivity index (χ1) is 14.8. The lowest BCUT2D eigenvalue weighted by molar-refractivity contribution is 0.0179. The van der Waals surface area contributed by atoms with Gasteiger partial charge in [0.15, 0.2) is 5.96 Å². The number of rotatable bonds is 10. The maximum absolute atomic E-state index is 13.4. The molecule has 1 aromatic carbocycles. The molecular formula is C22H32FIN4O2S. The molecular weight excluding hydrogens is 530 g/mol. The molecule has 0 saturated carbocycles. The fourth-order valence-corrected chi connectivity index (χ4v) is 3.69. The first kappa shape index (κ1) is 26.0. The van der Waals surface area contributed by atoms with Crippen LogP contribution in [-0.4, -0.2) is 68.8 Å². The number of thioether (sulfide) groups is 1. The Labute approximate surface area is 205 Å². The van der Waals surface area contributed by atoms with Crippen molar-refractivity contribution in [2.45, 2.75) is 12.5 Å². The van der Waals surface area contributed by atoms with Crippen LogP contribution in [0, 0.1) is 5.82 Å². The van der Waals surface area contributed by atoms with E-state index in [-0.39, 0.29) is 35.8 Å². The van der Waals surface area contributed by atoms with Crippen LogP contribution < -0.4 is 10.6 Å². The summed E-state index contributed by atoms with van der Waals surface area (Å²) in [6.07, 6.45) is 4.57. The van der Waals surface area contributed by atoms with Crippen LogP contribution in [-0.2, 0) is 11.2 Å². The Morgan fingerprint density at radius 1 is 1.16 bits per heavy atom. The first-order valence-electron chi connectivity index (χ1n) is 10.4. The van der Waals surface area contributed by atoms with E-state index in [4.69, 9.17) is 14.1 Å². The van der Waals surface area contributed by atoms with Crippen molar-refractivity contribution in [2.24, 2.45) is 4.99 Å². The van der Waals surface area contributed by atoms with E-state index in [1.807, 2.05) is 24.3 Å². The van der Waals surface area contributed by atoms with Gasteiger partial charge in [0, 0.05) is 38.4 Å². The highest BCUT2D eigenvalue weighted by Crippen LogP contribution is 2.22. The van der Waals surface area contributed by atoms with Crippen LogP contribution in [0.1, 0.15) is 17.4 Å². The van der Waals surface area contributed by atoms with Gasteiger partial charge in [-0.2, -0.15) is 11.8 Å². The second-order valence-corrected chi connectivity index (χ2v) is 8.07. The zero-order chi connectivity index (χ0) is 21.0. The van der Waals surface area contributed by atoms with Gasteiger partial charge in [0.1, 0.15) is 11.6 Å². The van der Waals surface area contributed by atoms with Crippen LogP contribution in [0.3, 0.4) is 0 Å². The standard InChI is InChI=1S/C22H31FN4O2S.HI/c1-30-16-10-25-22(24-9-8-20-3-2-13-29-20)26-17-21(27-11-14-28-15-12-27)18-4-6-19(23)7-5-18;/h2-7,13,21H,8-12,14-17H2,1H3,(H2,24,25,26);1H. The SMILES string of the molecule is CSCCNC(=NCC(c1ccc(F)cc1)N1CCOCC1)NCCc1ccco1.I. The van der Waals surface area contributed by atoms with E-state index in [1.165, 1.54) is 12.1 Å². The van der Waals surface area contributed by atoms with Gasteiger partial charge >= 0.3 is 0 Å². The molecule has 1 unspecified atom stereocenters. The quantitative estimate of drug-likeness (QED) is 0.200. The van der Waals surface area contributed by atoms with Crippen molar-refractivity contribution >= 4 is 41.7 Å². The molecule has 0 radical (unpaired) electrons. The highest BCUT2D eigenvalue weighted by atomic mass is 127. The number of morpholine rings is 1. The largest absolute Gasteiger partial charge is 0.469 e. The Morgan fingerprint density at radius 3 is 2.58 bits per heavy atom. The molecule has 0 bridgehead atoms. The van der Waals surface area contributed by atoms with E-state index < -0.39 is 0 Å². The summed E-state index contributed by atoms with van der Waals surface area (Å²) in [4.78, 5) is 7.23. The summed E-state index contributed by atoms with van der Waals surface area (Å²) in [6.45, 7) is 5.27. The van der Waals surface area contributed by atoms with Crippen LogP contribution in [0.4, 0.5) is 4.39 Å². The van der Waals surface area contributed by atoms with Crippen molar-refractivity contribution in [3.8, 4) is 0 Å². The van der Waals surface area contributed by atoms with E-state index in [0.29, 0.717) is 19.8 Å². The smallest absolute Gasteiger partial charge is 0.191 e. The molecule has 2 N–H and O–H groups in total. The Morgan fingerprint density at radius 2 is 1.90 bits per heavy atom. The highest BCUT2D eigenvalue weighted by Gasteiger charge is 2.22. The number of nitrogens with one attached hydrogen (secondary N) is 2. The molecule has 0 amide bonds. The summed E-state index contributed by atoms with van der Waals surface area (Å²) < 4.78 is 24.4. The molecule has 1 aromatic heterocycles. The number of hydrogen-bond donors (Lipinski definition) is 2. The molecule has 3 rings (SSSR count). The number of aliphatic imine (C=N–C) groups is 1. The Hall–Kier alpha value is -1.30. The van der Waals surface area contributed by atoms with Crippen LogP contribution in [0.2, 0.25) is 0 Å². The van der Waals surface area contributed by atoms with Gasteiger partial charge in [-0.3, -0.25) is 9.89 Å². The van der Waals surface area contributed by atoms with Crippen molar-refractivity contribution in [2.75, 3.05) is 57.9 Å². The summed E-state index contributed by atoms with van der Waals surface area (Å²) in [6, 6.07) is 10.7. The molecule has 31 heavy (non-hydrogen) atoms. The van der Waals surface area contributed by atoms with Gasteiger partial charge in [-0.1, -0.05) is 12.1 Å². The maximum Gasteiger partial charge on any atom is 0.191 e. The summed E-state index contributed by atoms with van der Waals surface area (Å²) in [5.74, 6) is 2.52. The lowest BCUT2D eigenvalue weighted by Gasteiger charge is -2.34. The van der Waals surface area contributed by atoms with Gasteiger partial charge < -0.3 is 19.8 Å². The number of nitrogens with zero attached hydrogens (tertiary/aromatic N) is 2. The van der Waals surface area contributed by atoms with Crippen LogP contribution in [0.25, 0.3) is 0 Å². The minimum atomic E-state index is -0.220. The number of guanidine groups is 1. The third-order valence-corrected chi connectivity index (χ3v) is 5.62. The molecule has 1 aliphatic heterocycles. The molecule has 0 aliphatic carbocycles. The second kappa shape index (κ2) is 14.7.